The molecule has 28 heavy (non-hydrogen) atoms. The van der Waals surface area contributed by atoms with Crippen LogP contribution in [0.2, 0.25) is 0 Å². The zero-order chi connectivity index (χ0) is 19.9. The predicted octanol–water partition coefficient (Wildman–Crippen LogP) is 4.80. The Kier molecular flexibility index (Phi) is 6.69. The molecule has 4 N–H and O–H groups in total. The molecule has 4 nitrogen and oxygen atoms in total. The summed E-state index contributed by atoms with van der Waals surface area (Å²) in [6.45, 7) is 5.11. The van der Waals surface area contributed by atoms with Crippen LogP contribution in [0.3, 0.4) is 0 Å². The van der Waals surface area contributed by atoms with Gasteiger partial charge in [0.2, 0.25) is 0 Å². The summed E-state index contributed by atoms with van der Waals surface area (Å²) in [5.41, 5.74) is 3.73. The average Bonchev–Trinajstić information content (AvgIpc) is 2.73. The minimum absolute atomic E-state index is 0.149. The maximum Gasteiger partial charge on any atom is 0.120 e. The smallest absolute Gasteiger partial charge is 0.120 e. The van der Waals surface area contributed by atoms with E-state index in [0.29, 0.717) is 24.2 Å². The van der Waals surface area contributed by atoms with Crippen molar-refractivity contribution in [2.45, 2.75) is 39.0 Å². The number of phenolic OH excluding ortho intramolecular Hbond substituents is 2. The molecule has 0 heterocycles. The monoisotopic (exact) mass is 376 g/mol. The summed E-state index contributed by atoms with van der Waals surface area (Å²) >= 11 is 0. The molecule has 3 aromatic carbocycles. The van der Waals surface area contributed by atoms with Crippen molar-refractivity contribution < 1.29 is 10.2 Å². The van der Waals surface area contributed by atoms with Crippen molar-refractivity contribution in [3.05, 3.63) is 95.1 Å². The zero-order valence-electron chi connectivity index (χ0n) is 16.4. The molecule has 0 saturated carbocycles. The van der Waals surface area contributed by atoms with E-state index in [1.165, 1.54) is 11.1 Å². The molecule has 0 fully saturated rings. The molecule has 0 spiro atoms. The Hall–Kier alpha value is -2.82. The first-order valence-corrected chi connectivity index (χ1v) is 9.65. The van der Waals surface area contributed by atoms with Gasteiger partial charge in [0.25, 0.3) is 0 Å². The second-order valence-electron chi connectivity index (χ2n) is 7.14. The lowest BCUT2D eigenvalue weighted by atomic mass is 10.1. The van der Waals surface area contributed by atoms with E-state index in [0.717, 1.165) is 0 Å². The van der Waals surface area contributed by atoms with Crippen molar-refractivity contribution in [2.24, 2.45) is 0 Å². The van der Waals surface area contributed by atoms with Crippen LogP contribution in [0.25, 0.3) is 0 Å². The van der Waals surface area contributed by atoms with Gasteiger partial charge in [-0.2, -0.15) is 0 Å². The van der Waals surface area contributed by atoms with Crippen LogP contribution in [0.4, 0.5) is 0 Å². The molecule has 2 atom stereocenters. The van der Waals surface area contributed by atoms with Gasteiger partial charge in [-0.05, 0) is 37.1 Å². The number of rotatable bonds is 8. The first kappa shape index (κ1) is 19.9. The first-order valence-electron chi connectivity index (χ1n) is 9.65. The summed E-state index contributed by atoms with van der Waals surface area (Å²) < 4.78 is 0. The highest BCUT2D eigenvalue weighted by Gasteiger charge is 2.12. The molecule has 0 radical (unpaired) electrons. The third-order valence-electron chi connectivity index (χ3n) is 5.08. The Labute approximate surface area is 166 Å². The minimum atomic E-state index is 0.149. The summed E-state index contributed by atoms with van der Waals surface area (Å²) in [5.74, 6) is 0.379. The highest BCUT2D eigenvalue weighted by atomic mass is 16.3. The number of aromatic hydroxyl groups is 2. The molecule has 4 heteroatoms. The molecule has 3 aromatic rings. The maximum atomic E-state index is 10.4. The lowest BCUT2D eigenvalue weighted by Gasteiger charge is -2.17. The second kappa shape index (κ2) is 9.40. The Morgan fingerprint density at radius 3 is 1.36 bits per heavy atom. The number of nitrogens with one attached hydrogen (secondary N) is 2. The quantitative estimate of drug-likeness (QED) is 0.427. The average molecular weight is 377 g/mol. The van der Waals surface area contributed by atoms with Gasteiger partial charge in [-0.15, -0.1) is 0 Å². The fourth-order valence-corrected chi connectivity index (χ4v) is 3.19. The molecule has 0 aromatic heterocycles. The van der Waals surface area contributed by atoms with Crippen LogP contribution in [0.5, 0.6) is 11.5 Å². The number of benzene rings is 3. The molecule has 0 amide bonds. The highest BCUT2D eigenvalue weighted by Crippen LogP contribution is 2.28. The van der Waals surface area contributed by atoms with E-state index in [1.807, 2.05) is 36.4 Å². The van der Waals surface area contributed by atoms with E-state index >= 15 is 0 Å². The summed E-state index contributed by atoms with van der Waals surface area (Å²) in [6, 6.07) is 23.9. The van der Waals surface area contributed by atoms with Gasteiger partial charge in [-0.3, -0.25) is 0 Å². The third-order valence-corrected chi connectivity index (χ3v) is 5.08. The molecule has 3 rings (SSSR count). The zero-order valence-corrected chi connectivity index (χ0v) is 16.4. The van der Waals surface area contributed by atoms with Gasteiger partial charge in [-0.25, -0.2) is 0 Å². The van der Waals surface area contributed by atoms with E-state index < -0.39 is 0 Å². The standard InChI is InChI=1S/C24H28N2O2/c1-17(19-9-5-3-6-10-19)25-15-21-13-24(28)22(14-23(21)27)16-26-18(2)20-11-7-4-8-12-20/h3-14,17-18,25-28H,15-16H2,1-2H3/t17-,18+. The molecule has 0 aliphatic carbocycles. The topological polar surface area (TPSA) is 64.5 Å². The van der Waals surface area contributed by atoms with Crippen LogP contribution in [0, 0.1) is 0 Å². The van der Waals surface area contributed by atoms with Crippen molar-refractivity contribution in [2.75, 3.05) is 0 Å². The number of hydrogen-bond acceptors (Lipinski definition) is 4. The fraction of sp³-hybridized carbons (Fsp3) is 0.250. The van der Waals surface area contributed by atoms with Crippen LogP contribution in [0.15, 0.2) is 72.8 Å². The molecule has 0 saturated heterocycles. The van der Waals surface area contributed by atoms with Gasteiger partial charge in [0, 0.05) is 36.3 Å². The van der Waals surface area contributed by atoms with E-state index in [-0.39, 0.29) is 23.6 Å². The van der Waals surface area contributed by atoms with E-state index in [2.05, 4.69) is 48.7 Å². The first-order chi connectivity index (χ1) is 13.5. The molecule has 146 valence electrons. The number of hydrogen-bond donors (Lipinski definition) is 4. The number of phenols is 2. The van der Waals surface area contributed by atoms with Gasteiger partial charge in [-0.1, -0.05) is 60.7 Å². The van der Waals surface area contributed by atoms with Crippen LogP contribution >= 0.6 is 0 Å². The molecule has 0 aliphatic rings. The molecule has 0 aliphatic heterocycles. The van der Waals surface area contributed by atoms with Crippen molar-refractivity contribution >= 4 is 0 Å². The molecular weight excluding hydrogens is 348 g/mol. The SMILES string of the molecule is C[C@H](NCc1cc(O)c(CN[C@H](C)c2ccccc2)cc1O)c1ccccc1. The second-order valence-corrected chi connectivity index (χ2v) is 7.14. The lowest BCUT2D eigenvalue weighted by molar-refractivity contribution is 0.438. The van der Waals surface area contributed by atoms with Crippen molar-refractivity contribution in [3.8, 4) is 11.5 Å². The normalized spacial score (nSPS) is 13.2. The van der Waals surface area contributed by atoms with Gasteiger partial charge in [0.15, 0.2) is 0 Å². The van der Waals surface area contributed by atoms with Crippen molar-refractivity contribution in [1.82, 2.24) is 10.6 Å². The Balaban J connectivity index is 1.61. The predicted molar refractivity (Wildman–Crippen MR) is 113 cm³/mol. The van der Waals surface area contributed by atoms with E-state index in [9.17, 15) is 10.2 Å². The highest BCUT2D eigenvalue weighted by molar-refractivity contribution is 5.45. The fourth-order valence-electron chi connectivity index (χ4n) is 3.19. The molecule has 0 unspecified atom stereocenters. The van der Waals surface area contributed by atoms with Gasteiger partial charge in [0.05, 0.1) is 0 Å². The summed E-state index contributed by atoms with van der Waals surface area (Å²) in [6.07, 6.45) is 0. The van der Waals surface area contributed by atoms with Crippen LogP contribution in [0.1, 0.15) is 48.2 Å². The van der Waals surface area contributed by atoms with Crippen LogP contribution in [-0.4, -0.2) is 10.2 Å². The Bertz CT molecular complexity index is 807. The summed E-state index contributed by atoms with van der Waals surface area (Å²) in [5, 5.41) is 27.6. The summed E-state index contributed by atoms with van der Waals surface area (Å²) in [4.78, 5) is 0. The van der Waals surface area contributed by atoms with Crippen molar-refractivity contribution in [3.63, 3.8) is 0 Å². The third kappa shape index (κ3) is 5.12. The van der Waals surface area contributed by atoms with Gasteiger partial charge >= 0.3 is 0 Å². The van der Waals surface area contributed by atoms with Gasteiger partial charge < -0.3 is 20.8 Å². The Morgan fingerprint density at radius 2 is 1.00 bits per heavy atom. The van der Waals surface area contributed by atoms with E-state index in [4.69, 9.17) is 0 Å². The molecule has 0 bridgehead atoms. The van der Waals surface area contributed by atoms with Crippen molar-refractivity contribution in [1.29, 1.82) is 0 Å². The van der Waals surface area contributed by atoms with Crippen LogP contribution < -0.4 is 10.6 Å². The molecular formula is C24H28N2O2. The minimum Gasteiger partial charge on any atom is -0.508 e. The van der Waals surface area contributed by atoms with Gasteiger partial charge in [0.1, 0.15) is 11.5 Å². The Morgan fingerprint density at radius 1 is 0.643 bits per heavy atom. The lowest BCUT2D eigenvalue weighted by Crippen LogP contribution is -2.19. The van der Waals surface area contributed by atoms with Crippen LogP contribution in [-0.2, 0) is 13.1 Å². The summed E-state index contributed by atoms with van der Waals surface area (Å²) in [7, 11) is 0. The maximum absolute atomic E-state index is 10.4. The van der Waals surface area contributed by atoms with E-state index in [1.54, 1.807) is 12.1 Å². The largest absolute Gasteiger partial charge is 0.508 e.